The number of amides is 2. The van der Waals surface area contributed by atoms with Crippen LogP contribution in [-0.2, 0) is 9.59 Å². The van der Waals surface area contributed by atoms with E-state index in [9.17, 15) is 9.59 Å². The SMILES string of the molecule is Cc1ccc(C#N)cc1N1C(=O)C2CC=CCC2C1=O. The monoisotopic (exact) mass is 266 g/mol. The van der Waals surface area contributed by atoms with E-state index in [1.54, 1.807) is 18.2 Å². The van der Waals surface area contributed by atoms with Crippen LogP contribution < -0.4 is 4.90 Å². The lowest BCUT2D eigenvalue weighted by molar-refractivity contribution is -0.122. The number of nitrogens with zero attached hydrogens (tertiary/aromatic N) is 2. The third kappa shape index (κ3) is 1.75. The first-order chi connectivity index (χ1) is 9.63. The summed E-state index contributed by atoms with van der Waals surface area (Å²) in [5, 5.41) is 8.99. The number of carbonyl (C=O) groups is 2. The highest BCUT2D eigenvalue weighted by Gasteiger charge is 2.48. The minimum atomic E-state index is -0.238. The second kappa shape index (κ2) is 4.61. The van der Waals surface area contributed by atoms with Crippen molar-refractivity contribution < 1.29 is 9.59 Å². The van der Waals surface area contributed by atoms with Gasteiger partial charge in [0.15, 0.2) is 0 Å². The van der Waals surface area contributed by atoms with Crippen LogP contribution in [0.2, 0.25) is 0 Å². The minimum absolute atomic E-state index is 0.137. The number of imide groups is 1. The number of rotatable bonds is 1. The standard InChI is InChI=1S/C16H14N2O2/c1-10-6-7-11(9-17)8-14(10)18-15(19)12-4-2-3-5-13(12)16(18)20/h2-3,6-8,12-13H,4-5H2,1H3. The number of hydrogen-bond acceptors (Lipinski definition) is 3. The van der Waals surface area contributed by atoms with Crippen molar-refractivity contribution in [2.45, 2.75) is 19.8 Å². The first-order valence-corrected chi connectivity index (χ1v) is 6.67. The summed E-state index contributed by atoms with van der Waals surface area (Å²) in [5.41, 5.74) is 1.84. The van der Waals surface area contributed by atoms with Crippen LogP contribution in [0.25, 0.3) is 0 Å². The van der Waals surface area contributed by atoms with E-state index in [0.717, 1.165) is 5.56 Å². The van der Waals surface area contributed by atoms with Crippen molar-refractivity contribution in [3.63, 3.8) is 0 Å². The molecule has 0 N–H and O–H groups in total. The fraction of sp³-hybridized carbons (Fsp3) is 0.312. The van der Waals surface area contributed by atoms with Gasteiger partial charge in [-0.05, 0) is 37.5 Å². The topological polar surface area (TPSA) is 61.2 Å². The zero-order valence-electron chi connectivity index (χ0n) is 11.2. The van der Waals surface area contributed by atoms with E-state index in [1.165, 1.54) is 4.90 Å². The molecule has 2 aliphatic rings. The first-order valence-electron chi connectivity index (χ1n) is 6.67. The summed E-state index contributed by atoms with van der Waals surface area (Å²) in [7, 11) is 0. The van der Waals surface area contributed by atoms with Gasteiger partial charge in [-0.15, -0.1) is 0 Å². The van der Waals surface area contributed by atoms with Gasteiger partial charge < -0.3 is 0 Å². The Morgan fingerprint density at radius 3 is 2.30 bits per heavy atom. The van der Waals surface area contributed by atoms with E-state index in [0.29, 0.717) is 24.1 Å². The van der Waals surface area contributed by atoms with Gasteiger partial charge in [-0.3, -0.25) is 9.59 Å². The summed E-state index contributed by atoms with van der Waals surface area (Å²) in [6.45, 7) is 1.84. The van der Waals surface area contributed by atoms with Gasteiger partial charge in [0.2, 0.25) is 11.8 Å². The Labute approximate surface area is 117 Å². The van der Waals surface area contributed by atoms with Crippen LogP contribution in [0.4, 0.5) is 5.69 Å². The molecule has 2 unspecified atom stereocenters. The number of benzene rings is 1. The molecule has 0 radical (unpaired) electrons. The highest BCUT2D eigenvalue weighted by atomic mass is 16.2. The number of anilines is 1. The number of hydrogen-bond donors (Lipinski definition) is 0. The number of nitriles is 1. The summed E-state index contributed by atoms with van der Waals surface area (Å²) in [6, 6.07) is 7.14. The molecule has 1 aliphatic carbocycles. The summed E-state index contributed by atoms with van der Waals surface area (Å²) in [6.07, 6.45) is 5.19. The van der Waals surface area contributed by atoms with Crippen LogP contribution >= 0.6 is 0 Å². The van der Waals surface area contributed by atoms with Crippen molar-refractivity contribution in [2.24, 2.45) is 11.8 Å². The summed E-state index contributed by atoms with van der Waals surface area (Å²) >= 11 is 0. The zero-order valence-corrected chi connectivity index (χ0v) is 11.2. The van der Waals surface area contributed by atoms with Crippen LogP contribution in [0.1, 0.15) is 24.0 Å². The van der Waals surface area contributed by atoms with E-state index in [1.807, 2.05) is 25.1 Å². The molecule has 1 heterocycles. The van der Waals surface area contributed by atoms with Crippen LogP contribution in [-0.4, -0.2) is 11.8 Å². The van der Waals surface area contributed by atoms with E-state index in [-0.39, 0.29) is 23.7 Å². The van der Waals surface area contributed by atoms with Gasteiger partial charge >= 0.3 is 0 Å². The molecule has 1 saturated heterocycles. The quantitative estimate of drug-likeness (QED) is 0.579. The molecule has 4 heteroatoms. The number of carbonyl (C=O) groups excluding carboxylic acids is 2. The molecule has 0 saturated carbocycles. The molecule has 3 rings (SSSR count). The van der Waals surface area contributed by atoms with Crippen LogP contribution in [0.3, 0.4) is 0 Å². The molecule has 1 aromatic carbocycles. The molecule has 1 aliphatic heterocycles. The van der Waals surface area contributed by atoms with Crippen molar-refractivity contribution in [3.05, 3.63) is 41.5 Å². The van der Waals surface area contributed by atoms with Gasteiger partial charge in [-0.25, -0.2) is 4.90 Å². The minimum Gasteiger partial charge on any atom is -0.274 e. The molecule has 2 atom stereocenters. The molecule has 100 valence electrons. The number of aryl methyl sites for hydroxylation is 1. The van der Waals surface area contributed by atoms with Crippen molar-refractivity contribution in [1.29, 1.82) is 5.26 Å². The Hall–Kier alpha value is -2.41. The maximum atomic E-state index is 12.5. The maximum Gasteiger partial charge on any atom is 0.238 e. The first kappa shape index (κ1) is 12.6. The number of allylic oxidation sites excluding steroid dienone is 2. The molecule has 4 nitrogen and oxygen atoms in total. The fourth-order valence-corrected chi connectivity index (χ4v) is 2.96. The summed E-state index contributed by atoms with van der Waals surface area (Å²) < 4.78 is 0. The normalized spacial score (nSPS) is 24.7. The molecule has 1 fully saturated rings. The van der Waals surface area contributed by atoms with E-state index < -0.39 is 0 Å². The van der Waals surface area contributed by atoms with Crippen LogP contribution in [0.5, 0.6) is 0 Å². The second-order valence-corrected chi connectivity index (χ2v) is 5.28. The van der Waals surface area contributed by atoms with Crippen LogP contribution in [0.15, 0.2) is 30.4 Å². The molecule has 0 bridgehead atoms. The molecule has 20 heavy (non-hydrogen) atoms. The average molecular weight is 266 g/mol. The molecular weight excluding hydrogens is 252 g/mol. The summed E-state index contributed by atoms with van der Waals surface area (Å²) in [5.74, 6) is -0.750. The Balaban J connectivity index is 2.05. The van der Waals surface area contributed by atoms with Gasteiger partial charge in [0, 0.05) is 0 Å². The van der Waals surface area contributed by atoms with Crippen molar-refractivity contribution in [3.8, 4) is 6.07 Å². The lowest BCUT2D eigenvalue weighted by Crippen LogP contribution is -2.31. The van der Waals surface area contributed by atoms with Gasteiger partial charge in [-0.1, -0.05) is 18.2 Å². The lowest BCUT2D eigenvalue weighted by atomic mass is 9.85. The molecule has 0 spiro atoms. The van der Waals surface area contributed by atoms with Gasteiger partial charge in [-0.2, -0.15) is 5.26 Å². The van der Waals surface area contributed by atoms with Gasteiger partial charge in [0.05, 0.1) is 29.2 Å². The Morgan fingerprint density at radius 2 is 1.75 bits per heavy atom. The van der Waals surface area contributed by atoms with Crippen molar-refractivity contribution in [1.82, 2.24) is 0 Å². The predicted molar refractivity (Wildman–Crippen MR) is 73.7 cm³/mol. The largest absolute Gasteiger partial charge is 0.274 e. The second-order valence-electron chi connectivity index (χ2n) is 5.28. The highest BCUT2D eigenvalue weighted by Crippen LogP contribution is 2.38. The van der Waals surface area contributed by atoms with Gasteiger partial charge in [0.1, 0.15) is 0 Å². The molecular formula is C16H14N2O2. The highest BCUT2D eigenvalue weighted by molar-refractivity contribution is 6.22. The van der Waals surface area contributed by atoms with Crippen molar-refractivity contribution in [2.75, 3.05) is 4.90 Å². The third-order valence-corrected chi connectivity index (χ3v) is 4.09. The Kier molecular flexibility index (Phi) is 2.90. The van der Waals surface area contributed by atoms with E-state index in [2.05, 4.69) is 0 Å². The van der Waals surface area contributed by atoms with Gasteiger partial charge in [0.25, 0.3) is 0 Å². The Bertz CT molecular complexity index is 644. The van der Waals surface area contributed by atoms with Crippen molar-refractivity contribution >= 4 is 17.5 Å². The third-order valence-electron chi connectivity index (χ3n) is 4.09. The Morgan fingerprint density at radius 1 is 1.15 bits per heavy atom. The average Bonchev–Trinajstić information content (AvgIpc) is 2.72. The van der Waals surface area contributed by atoms with Crippen LogP contribution in [0, 0.1) is 30.1 Å². The molecule has 2 amide bonds. The zero-order chi connectivity index (χ0) is 14.3. The smallest absolute Gasteiger partial charge is 0.238 e. The fourth-order valence-electron chi connectivity index (χ4n) is 2.96. The van der Waals surface area contributed by atoms with E-state index in [4.69, 9.17) is 5.26 Å². The maximum absolute atomic E-state index is 12.5. The molecule has 0 aromatic heterocycles. The lowest BCUT2D eigenvalue weighted by Gasteiger charge is -2.17. The summed E-state index contributed by atoms with van der Waals surface area (Å²) in [4.78, 5) is 26.3. The molecule has 1 aromatic rings. The predicted octanol–water partition coefficient (Wildman–Crippen LogP) is 2.32. The number of fused-ring (bicyclic) bond motifs is 1. The van der Waals surface area contributed by atoms with E-state index >= 15 is 0 Å².